The van der Waals surface area contributed by atoms with E-state index in [1.54, 1.807) is 0 Å². The zero-order valence-electron chi connectivity index (χ0n) is 22.7. The molecule has 222 valence electrons. The Morgan fingerprint density at radius 1 is 0.405 bits per heavy atom. The van der Waals surface area contributed by atoms with Crippen molar-refractivity contribution in [3.8, 4) is 0 Å². The summed E-state index contributed by atoms with van der Waals surface area (Å²) in [5, 5.41) is 31.8. The van der Waals surface area contributed by atoms with Crippen LogP contribution in [0.15, 0.2) is 91.0 Å². The number of carboxylic acids is 3. The van der Waals surface area contributed by atoms with Crippen LogP contribution >= 0.6 is 0 Å². The fraction of sp³-hybridized carbons (Fsp3) is 0.200. The summed E-state index contributed by atoms with van der Waals surface area (Å²) in [6.45, 7) is -0.983. The largest absolute Gasteiger partial charge is 0.480 e. The first-order chi connectivity index (χ1) is 20.0. The number of carbonyl (C=O) groups excluding carboxylic acids is 3. The van der Waals surface area contributed by atoms with Gasteiger partial charge in [0.2, 0.25) is 17.7 Å². The quantitative estimate of drug-likeness (QED) is 0.183. The number of amides is 3. The van der Waals surface area contributed by atoms with Gasteiger partial charge >= 0.3 is 17.9 Å². The van der Waals surface area contributed by atoms with E-state index in [9.17, 15) is 28.8 Å². The van der Waals surface area contributed by atoms with Crippen molar-refractivity contribution in [2.45, 2.75) is 19.3 Å². The molecular weight excluding hydrogens is 546 g/mol. The van der Waals surface area contributed by atoms with E-state index in [0.29, 0.717) is 0 Å². The van der Waals surface area contributed by atoms with Gasteiger partial charge in [-0.15, -0.1) is 0 Å². The molecule has 42 heavy (non-hydrogen) atoms. The first-order valence-electron chi connectivity index (χ1n) is 12.6. The number of hydrogen-bond donors (Lipinski definition) is 6. The summed E-state index contributed by atoms with van der Waals surface area (Å²) in [5.74, 6) is -3.94. The van der Waals surface area contributed by atoms with Gasteiger partial charge in [-0.3, -0.25) is 28.8 Å². The van der Waals surface area contributed by atoms with Crippen molar-refractivity contribution in [3.63, 3.8) is 0 Å². The molecule has 0 bridgehead atoms. The van der Waals surface area contributed by atoms with Gasteiger partial charge in [0.15, 0.2) is 0 Å². The van der Waals surface area contributed by atoms with Crippen molar-refractivity contribution in [2.24, 2.45) is 0 Å². The second-order valence-electron chi connectivity index (χ2n) is 8.50. The molecule has 6 N–H and O–H groups in total. The highest BCUT2D eigenvalue weighted by Gasteiger charge is 2.06. The van der Waals surface area contributed by atoms with Gasteiger partial charge in [-0.2, -0.15) is 0 Å². The molecule has 0 aliphatic heterocycles. The lowest BCUT2D eigenvalue weighted by Gasteiger charge is -2.01. The van der Waals surface area contributed by atoms with Crippen molar-refractivity contribution in [2.75, 3.05) is 19.6 Å². The summed E-state index contributed by atoms with van der Waals surface area (Å²) in [7, 11) is 0. The first-order valence-corrected chi connectivity index (χ1v) is 12.6. The Morgan fingerprint density at radius 2 is 0.619 bits per heavy atom. The van der Waals surface area contributed by atoms with Gasteiger partial charge in [-0.05, 0) is 16.7 Å². The van der Waals surface area contributed by atoms with Crippen molar-refractivity contribution in [3.05, 3.63) is 108 Å². The molecule has 0 spiro atoms. The maximum absolute atomic E-state index is 11.1. The number of nitrogens with one attached hydrogen (secondary N) is 3. The van der Waals surface area contributed by atoms with Crippen LogP contribution in [0.2, 0.25) is 0 Å². The third-order valence-corrected chi connectivity index (χ3v) is 4.93. The van der Waals surface area contributed by atoms with Crippen molar-refractivity contribution in [1.82, 2.24) is 16.0 Å². The lowest BCUT2D eigenvalue weighted by atomic mass is 10.1. The molecule has 3 aromatic rings. The monoisotopic (exact) mass is 579 g/mol. The van der Waals surface area contributed by atoms with E-state index < -0.39 is 17.9 Å². The number of hydrogen-bond acceptors (Lipinski definition) is 6. The summed E-state index contributed by atoms with van der Waals surface area (Å²) >= 11 is 0. The van der Waals surface area contributed by atoms with Crippen LogP contribution in [0.3, 0.4) is 0 Å². The normalized spacial score (nSPS) is 9.43. The SMILES string of the molecule is O=C(O)CNC(=O)Cc1ccccc1.O=C(O)CNC(=O)Cc1ccccc1.O=C(O)CNC(=O)Cc1ccccc1. The zero-order valence-corrected chi connectivity index (χ0v) is 22.7. The van der Waals surface area contributed by atoms with Crippen LogP contribution < -0.4 is 16.0 Å². The van der Waals surface area contributed by atoms with Gasteiger partial charge in [-0.1, -0.05) is 91.0 Å². The maximum Gasteiger partial charge on any atom is 0.322 e. The van der Waals surface area contributed by atoms with Gasteiger partial charge in [0, 0.05) is 0 Å². The number of carbonyl (C=O) groups is 6. The minimum absolute atomic E-state index is 0.216. The summed E-state index contributed by atoms with van der Waals surface area (Å²) in [5.41, 5.74) is 2.61. The highest BCUT2D eigenvalue weighted by Crippen LogP contribution is 2.00. The van der Waals surface area contributed by atoms with Gasteiger partial charge in [0.1, 0.15) is 19.6 Å². The lowest BCUT2D eigenvalue weighted by molar-refractivity contribution is -0.138. The number of rotatable bonds is 12. The average molecular weight is 580 g/mol. The Morgan fingerprint density at radius 3 is 0.810 bits per heavy atom. The average Bonchev–Trinajstić information content (AvgIpc) is 2.96. The van der Waals surface area contributed by atoms with Crippen LogP contribution in [-0.4, -0.2) is 70.6 Å². The van der Waals surface area contributed by atoms with Crippen LogP contribution in [0.25, 0.3) is 0 Å². The van der Waals surface area contributed by atoms with Gasteiger partial charge in [0.25, 0.3) is 0 Å². The van der Waals surface area contributed by atoms with Crippen LogP contribution in [0.1, 0.15) is 16.7 Å². The van der Waals surface area contributed by atoms with E-state index in [1.165, 1.54) is 0 Å². The molecule has 0 radical (unpaired) electrons. The summed E-state index contributed by atoms with van der Waals surface area (Å²) in [6.07, 6.45) is 0.649. The maximum atomic E-state index is 11.1. The Kier molecular flexibility index (Phi) is 16.8. The van der Waals surface area contributed by atoms with Gasteiger partial charge in [-0.25, -0.2) is 0 Å². The molecule has 12 heteroatoms. The molecule has 0 unspecified atom stereocenters. The van der Waals surface area contributed by atoms with E-state index in [-0.39, 0.29) is 56.6 Å². The highest BCUT2D eigenvalue weighted by molar-refractivity contribution is 5.84. The number of aliphatic carboxylic acids is 3. The highest BCUT2D eigenvalue weighted by atomic mass is 16.4. The molecule has 0 aliphatic carbocycles. The Labute approximate surface area is 242 Å². The summed E-state index contributed by atoms with van der Waals surface area (Å²) < 4.78 is 0. The Balaban J connectivity index is 0.000000315. The predicted molar refractivity (Wildman–Crippen MR) is 152 cm³/mol. The molecule has 0 heterocycles. The molecule has 3 amide bonds. The van der Waals surface area contributed by atoms with E-state index >= 15 is 0 Å². The molecule has 0 fully saturated rings. The molecular formula is C30H33N3O9. The van der Waals surface area contributed by atoms with Crippen molar-refractivity contribution >= 4 is 35.6 Å². The number of carboxylic acid groups (broad SMARTS) is 3. The predicted octanol–water partition coefficient (Wildman–Crippen LogP) is 1.29. The second kappa shape index (κ2) is 20.4. The molecule has 0 atom stereocenters. The zero-order chi connectivity index (χ0) is 31.2. The fourth-order valence-corrected chi connectivity index (χ4v) is 3.05. The van der Waals surface area contributed by atoms with Crippen molar-refractivity contribution < 1.29 is 44.1 Å². The minimum Gasteiger partial charge on any atom is -0.480 e. The van der Waals surface area contributed by atoms with Gasteiger partial charge < -0.3 is 31.3 Å². The lowest BCUT2D eigenvalue weighted by Crippen LogP contribution is -2.30. The van der Waals surface area contributed by atoms with Crippen molar-refractivity contribution in [1.29, 1.82) is 0 Å². The summed E-state index contributed by atoms with van der Waals surface area (Å²) in [4.78, 5) is 63.9. The topological polar surface area (TPSA) is 199 Å². The molecule has 3 rings (SSSR count). The molecule has 0 aromatic heterocycles. The van der Waals surface area contributed by atoms with Crippen LogP contribution in [0.4, 0.5) is 0 Å². The Bertz CT molecular complexity index is 1120. The molecule has 0 saturated heterocycles. The van der Waals surface area contributed by atoms with E-state index in [2.05, 4.69) is 16.0 Å². The fourth-order valence-electron chi connectivity index (χ4n) is 3.05. The van der Waals surface area contributed by atoms with Gasteiger partial charge in [0.05, 0.1) is 19.3 Å². The molecule has 12 nitrogen and oxygen atoms in total. The van der Waals surface area contributed by atoms with Crippen LogP contribution in [-0.2, 0) is 48.0 Å². The van der Waals surface area contributed by atoms with E-state index in [1.807, 2.05) is 91.0 Å². The summed E-state index contributed by atoms with van der Waals surface area (Å²) in [6, 6.07) is 27.5. The molecule has 3 aromatic carbocycles. The van der Waals surface area contributed by atoms with Crippen LogP contribution in [0.5, 0.6) is 0 Å². The minimum atomic E-state index is -1.04. The smallest absolute Gasteiger partial charge is 0.322 e. The van der Waals surface area contributed by atoms with E-state index in [4.69, 9.17) is 15.3 Å². The third kappa shape index (κ3) is 18.7. The molecule has 0 aliphatic rings. The molecule has 0 saturated carbocycles. The second-order valence-corrected chi connectivity index (χ2v) is 8.50. The standard InChI is InChI=1S/3C10H11NO3/c3*12-9(11-7-10(13)14)6-8-4-2-1-3-5-8/h3*1-5H,6-7H2,(H,11,12)(H,13,14). The third-order valence-electron chi connectivity index (χ3n) is 4.93. The number of benzene rings is 3. The van der Waals surface area contributed by atoms with E-state index in [0.717, 1.165) is 16.7 Å². The van der Waals surface area contributed by atoms with Crippen LogP contribution in [0, 0.1) is 0 Å². The Hall–Kier alpha value is -5.52. The first kappa shape index (κ1) is 34.5.